The number of benzene rings is 1. The normalized spacial score (nSPS) is 13.6. The SMILES string of the molecule is COCCCNC(=O)CN1C(=O)CCn2nc(-c3ccc(Cl)cc3)cc21. The molecule has 0 saturated heterocycles. The minimum Gasteiger partial charge on any atom is -0.385 e. The number of nitrogens with zero attached hydrogens (tertiary/aromatic N) is 3. The van der Waals surface area contributed by atoms with Crippen molar-refractivity contribution in [2.24, 2.45) is 0 Å². The van der Waals surface area contributed by atoms with Crippen molar-refractivity contribution in [3.8, 4) is 11.3 Å². The van der Waals surface area contributed by atoms with Gasteiger partial charge in [-0.05, 0) is 18.6 Å². The quantitative estimate of drug-likeness (QED) is 0.751. The van der Waals surface area contributed by atoms with Gasteiger partial charge in [-0.1, -0.05) is 23.7 Å². The number of amides is 2. The first kappa shape index (κ1) is 18.4. The van der Waals surface area contributed by atoms with Crippen molar-refractivity contribution < 1.29 is 14.3 Å². The standard InChI is InChI=1S/C18H21ClN4O3/c1-26-10-2-8-20-16(24)12-22-17-11-15(13-3-5-14(19)6-4-13)21-23(17)9-7-18(22)25/h3-6,11H,2,7-10,12H2,1H3,(H,20,24). The number of hydrogen-bond acceptors (Lipinski definition) is 4. The Labute approximate surface area is 156 Å². The van der Waals surface area contributed by atoms with E-state index in [4.69, 9.17) is 16.3 Å². The van der Waals surface area contributed by atoms with Gasteiger partial charge in [0.25, 0.3) is 0 Å². The molecule has 1 aliphatic rings. The van der Waals surface area contributed by atoms with E-state index in [-0.39, 0.29) is 18.4 Å². The molecule has 0 radical (unpaired) electrons. The zero-order chi connectivity index (χ0) is 18.5. The van der Waals surface area contributed by atoms with E-state index in [0.717, 1.165) is 17.7 Å². The molecular formula is C18H21ClN4O3. The fourth-order valence-corrected chi connectivity index (χ4v) is 2.95. The number of aryl methyl sites for hydroxylation is 1. The number of hydrogen-bond donors (Lipinski definition) is 1. The third-order valence-corrected chi connectivity index (χ3v) is 4.41. The fraction of sp³-hybridized carbons (Fsp3) is 0.389. The highest BCUT2D eigenvalue weighted by atomic mass is 35.5. The third-order valence-electron chi connectivity index (χ3n) is 4.16. The molecule has 138 valence electrons. The first-order valence-electron chi connectivity index (χ1n) is 8.48. The Balaban J connectivity index is 1.73. The van der Waals surface area contributed by atoms with Crippen LogP contribution < -0.4 is 10.2 Å². The summed E-state index contributed by atoms with van der Waals surface area (Å²) >= 11 is 5.93. The van der Waals surface area contributed by atoms with E-state index in [2.05, 4.69) is 10.4 Å². The molecule has 0 unspecified atom stereocenters. The number of ether oxygens (including phenoxy) is 1. The minimum atomic E-state index is -0.197. The molecule has 0 bridgehead atoms. The van der Waals surface area contributed by atoms with Crippen molar-refractivity contribution in [2.45, 2.75) is 19.4 Å². The molecule has 0 fully saturated rings. The molecule has 1 N–H and O–H groups in total. The molecule has 8 heteroatoms. The largest absolute Gasteiger partial charge is 0.385 e. The molecule has 0 aliphatic carbocycles. The maximum absolute atomic E-state index is 12.3. The van der Waals surface area contributed by atoms with Crippen molar-refractivity contribution in [3.63, 3.8) is 0 Å². The molecule has 3 rings (SSSR count). The van der Waals surface area contributed by atoms with Crippen LogP contribution in [0.4, 0.5) is 5.82 Å². The summed E-state index contributed by atoms with van der Waals surface area (Å²) < 4.78 is 6.72. The average molecular weight is 377 g/mol. The number of aromatic nitrogens is 2. The molecule has 1 aromatic carbocycles. The summed E-state index contributed by atoms with van der Waals surface area (Å²) in [5.74, 6) is 0.363. The van der Waals surface area contributed by atoms with Crippen LogP contribution in [0, 0.1) is 0 Å². The van der Waals surface area contributed by atoms with Gasteiger partial charge in [-0.25, -0.2) is 4.68 Å². The Morgan fingerprint density at radius 2 is 2.12 bits per heavy atom. The summed E-state index contributed by atoms with van der Waals surface area (Å²) in [6.07, 6.45) is 1.06. The second kappa shape index (κ2) is 8.33. The predicted octanol–water partition coefficient (Wildman–Crippen LogP) is 2.09. The molecule has 0 saturated carbocycles. The van der Waals surface area contributed by atoms with Gasteiger partial charge in [-0.2, -0.15) is 5.10 Å². The molecule has 0 atom stereocenters. The van der Waals surface area contributed by atoms with Gasteiger partial charge in [0.15, 0.2) is 0 Å². The van der Waals surface area contributed by atoms with E-state index in [1.165, 1.54) is 4.90 Å². The molecule has 2 heterocycles. The van der Waals surface area contributed by atoms with Crippen LogP contribution >= 0.6 is 11.6 Å². The summed E-state index contributed by atoms with van der Waals surface area (Å²) in [7, 11) is 1.62. The van der Waals surface area contributed by atoms with Crippen LogP contribution in [-0.4, -0.2) is 48.4 Å². The van der Waals surface area contributed by atoms with Gasteiger partial charge in [0.05, 0.1) is 12.2 Å². The summed E-state index contributed by atoms with van der Waals surface area (Å²) in [4.78, 5) is 26.0. The number of anilines is 1. The maximum atomic E-state index is 12.3. The molecule has 7 nitrogen and oxygen atoms in total. The van der Waals surface area contributed by atoms with Gasteiger partial charge in [0.1, 0.15) is 12.4 Å². The summed E-state index contributed by atoms with van der Waals surface area (Å²) in [5, 5.41) is 8.02. The van der Waals surface area contributed by atoms with Gasteiger partial charge in [-0.3, -0.25) is 14.5 Å². The topological polar surface area (TPSA) is 76.5 Å². The van der Waals surface area contributed by atoms with Gasteiger partial charge < -0.3 is 10.1 Å². The van der Waals surface area contributed by atoms with Crippen molar-refractivity contribution in [2.75, 3.05) is 31.7 Å². The smallest absolute Gasteiger partial charge is 0.240 e. The van der Waals surface area contributed by atoms with E-state index >= 15 is 0 Å². The van der Waals surface area contributed by atoms with E-state index in [9.17, 15) is 9.59 Å². The Morgan fingerprint density at radius 3 is 2.85 bits per heavy atom. The van der Waals surface area contributed by atoms with Crippen molar-refractivity contribution in [1.82, 2.24) is 15.1 Å². The first-order valence-corrected chi connectivity index (χ1v) is 8.86. The van der Waals surface area contributed by atoms with Crippen LogP contribution in [-0.2, 0) is 20.9 Å². The average Bonchev–Trinajstić information content (AvgIpc) is 3.06. The Morgan fingerprint density at radius 1 is 1.35 bits per heavy atom. The monoisotopic (exact) mass is 376 g/mol. The Kier molecular flexibility index (Phi) is 5.90. The number of fused-ring (bicyclic) bond motifs is 1. The highest BCUT2D eigenvalue weighted by molar-refractivity contribution is 6.30. The van der Waals surface area contributed by atoms with Crippen LogP contribution in [0.2, 0.25) is 5.02 Å². The van der Waals surface area contributed by atoms with Crippen LogP contribution in [0.25, 0.3) is 11.3 Å². The second-order valence-electron chi connectivity index (χ2n) is 6.04. The summed E-state index contributed by atoms with van der Waals surface area (Å²) in [6.45, 7) is 1.59. The van der Waals surface area contributed by atoms with E-state index in [1.807, 2.05) is 18.2 Å². The van der Waals surface area contributed by atoms with Gasteiger partial charge >= 0.3 is 0 Å². The van der Waals surface area contributed by atoms with E-state index < -0.39 is 0 Å². The maximum Gasteiger partial charge on any atom is 0.240 e. The highest BCUT2D eigenvalue weighted by Crippen LogP contribution is 2.28. The van der Waals surface area contributed by atoms with E-state index in [1.54, 1.807) is 23.9 Å². The number of halogens is 1. The molecular weight excluding hydrogens is 356 g/mol. The third kappa shape index (κ3) is 4.23. The Bertz CT molecular complexity index is 788. The fourth-order valence-electron chi connectivity index (χ4n) is 2.83. The summed E-state index contributed by atoms with van der Waals surface area (Å²) in [6, 6.07) is 9.19. The molecule has 1 aliphatic heterocycles. The van der Waals surface area contributed by atoms with Gasteiger partial charge in [-0.15, -0.1) is 0 Å². The zero-order valence-corrected chi connectivity index (χ0v) is 15.3. The lowest BCUT2D eigenvalue weighted by Gasteiger charge is -2.26. The number of methoxy groups -OCH3 is 1. The van der Waals surface area contributed by atoms with Gasteiger partial charge in [0, 0.05) is 43.3 Å². The van der Waals surface area contributed by atoms with Crippen molar-refractivity contribution in [3.05, 3.63) is 35.4 Å². The van der Waals surface area contributed by atoms with Crippen LogP contribution in [0.1, 0.15) is 12.8 Å². The lowest BCUT2D eigenvalue weighted by atomic mass is 10.1. The molecule has 2 aromatic rings. The Hall–Kier alpha value is -2.38. The number of rotatable bonds is 7. The van der Waals surface area contributed by atoms with Crippen LogP contribution in [0.15, 0.2) is 30.3 Å². The number of carbonyl (C=O) groups is 2. The molecule has 2 amide bonds. The van der Waals surface area contributed by atoms with Crippen molar-refractivity contribution >= 4 is 29.2 Å². The second-order valence-corrected chi connectivity index (χ2v) is 6.48. The minimum absolute atomic E-state index is 0.0163. The first-order chi connectivity index (χ1) is 12.6. The van der Waals surface area contributed by atoms with Crippen molar-refractivity contribution in [1.29, 1.82) is 0 Å². The molecule has 0 spiro atoms. The lowest BCUT2D eigenvalue weighted by Crippen LogP contribution is -2.44. The van der Waals surface area contributed by atoms with Gasteiger partial charge in [0.2, 0.25) is 11.8 Å². The predicted molar refractivity (Wildman–Crippen MR) is 99.1 cm³/mol. The van der Waals surface area contributed by atoms with Crippen LogP contribution in [0.3, 0.4) is 0 Å². The molecule has 1 aromatic heterocycles. The zero-order valence-electron chi connectivity index (χ0n) is 14.6. The molecule has 26 heavy (non-hydrogen) atoms. The lowest BCUT2D eigenvalue weighted by molar-refractivity contribution is -0.124. The highest BCUT2D eigenvalue weighted by Gasteiger charge is 2.28. The number of carbonyl (C=O) groups excluding carboxylic acids is 2. The van der Waals surface area contributed by atoms with E-state index in [0.29, 0.717) is 37.0 Å². The summed E-state index contributed by atoms with van der Waals surface area (Å²) in [5.41, 5.74) is 1.66. The number of nitrogens with one attached hydrogen (secondary N) is 1. The van der Waals surface area contributed by atoms with Crippen LogP contribution in [0.5, 0.6) is 0 Å².